The molecule has 0 saturated heterocycles. The Kier molecular flexibility index (Phi) is 16.7. The third-order valence-electron chi connectivity index (χ3n) is 15.7. The van der Waals surface area contributed by atoms with E-state index in [0.717, 1.165) is 23.9 Å². The van der Waals surface area contributed by atoms with E-state index >= 15 is 0 Å². The van der Waals surface area contributed by atoms with Gasteiger partial charge in [0.05, 0.1) is 11.7 Å². The van der Waals surface area contributed by atoms with E-state index in [1.807, 2.05) is 45.3 Å². The number of nitrogens with zero attached hydrogens (tertiary/aromatic N) is 2. The molecule has 366 valence electrons. The maximum atomic E-state index is 5.06. The number of hydrogen-bond acceptors (Lipinski definition) is 7. The number of unbranched alkanes of at least 4 members (excludes halogenated alkanes) is 6. The Balaban J connectivity index is 0.982. The first-order chi connectivity index (χ1) is 34.4. The number of hydrogen-bond donors (Lipinski definition) is 0. The van der Waals surface area contributed by atoms with Crippen molar-refractivity contribution >= 4 is 68.1 Å². The van der Waals surface area contributed by atoms with Gasteiger partial charge in [-0.15, -0.1) is 45.3 Å². The van der Waals surface area contributed by atoms with Gasteiger partial charge in [-0.1, -0.05) is 177 Å². The molecule has 5 aromatic heterocycles. The van der Waals surface area contributed by atoms with E-state index in [9.17, 15) is 0 Å². The molecule has 0 N–H and O–H groups in total. The second-order valence-corrected chi connectivity index (χ2v) is 25.9. The summed E-state index contributed by atoms with van der Waals surface area (Å²) in [4.78, 5) is 11.0. The second-order valence-electron chi connectivity index (χ2n) is 20.9. The molecule has 0 amide bonds. The maximum Gasteiger partial charge on any atom is 0.114 e. The smallest absolute Gasteiger partial charge is 0.114 e. The summed E-state index contributed by atoms with van der Waals surface area (Å²) in [5.74, 6) is 0. The molecule has 2 aliphatic rings. The Labute approximate surface area is 440 Å². The average molecular weight is 1020 g/mol. The molecule has 1 saturated carbocycles. The van der Waals surface area contributed by atoms with E-state index in [1.54, 1.807) is 11.1 Å². The largest absolute Gasteiger partial charge is 0.172 e. The van der Waals surface area contributed by atoms with Crippen LogP contribution in [0.2, 0.25) is 0 Å². The van der Waals surface area contributed by atoms with Gasteiger partial charge in [0.25, 0.3) is 0 Å². The normalized spacial score (nSPS) is 15.6. The minimum absolute atomic E-state index is 0.0955. The highest BCUT2D eigenvalue weighted by molar-refractivity contribution is 7.25. The highest BCUT2D eigenvalue weighted by Gasteiger charge is 2.42. The summed E-state index contributed by atoms with van der Waals surface area (Å²) in [7, 11) is 0. The van der Waals surface area contributed by atoms with E-state index in [2.05, 4.69) is 113 Å². The summed E-state index contributed by atoms with van der Waals surface area (Å²) in [5, 5.41) is 0. The van der Waals surface area contributed by atoms with Crippen molar-refractivity contribution in [1.82, 2.24) is 8.75 Å². The predicted octanol–water partition coefficient (Wildman–Crippen LogP) is 21.9. The van der Waals surface area contributed by atoms with E-state index in [0.29, 0.717) is 0 Å². The van der Waals surface area contributed by atoms with Crippen molar-refractivity contribution in [2.75, 3.05) is 0 Å². The fourth-order valence-electron chi connectivity index (χ4n) is 11.9. The van der Waals surface area contributed by atoms with E-state index < -0.39 is 0 Å². The van der Waals surface area contributed by atoms with Gasteiger partial charge in [-0.25, -0.2) is 0 Å². The SMILES string of the molecule is CCCCCCc1cc(-c2ccc(-c3cc(CCCCCC)c(-c4ccc(-c5ccc6c(c5)C5(CCCCCCCCCCCCCC5)c5cc(C)ccc5-6)s4)s3)c3nsnc23)sc1-c1ccc(C)s1. The fourth-order valence-corrected chi connectivity index (χ4v) is 17.1. The molecule has 0 bridgehead atoms. The Morgan fingerprint density at radius 3 is 1.46 bits per heavy atom. The van der Waals surface area contributed by atoms with Crippen molar-refractivity contribution in [1.29, 1.82) is 0 Å². The molecular formula is C63H74N2S5. The van der Waals surface area contributed by atoms with E-state index in [-0.39, 0.29) is 5.41 Å². The van der Waals surface area contributed by atoms with Crippen LogP contribution in [0.5, 0.6) is 0 Å². The molecule has 7 heteroatoms. The van der Waals surface area contributed by atoms with Crippen molar-refractivity contribution in [3.63, 3.8) is 0 Å². The Hall–Kier alpha value is -3.72. The highest BCUT2D eigenvalue weighted by Crippen LogP contribution is 2.56. The first-order valence-corrected chi connectivity index (χ1v) is 31.4. The van der Waals surface area contributed by atoms with Crippen molar-refractivity contribution in [3.8, 4) is 62.0 Å². The van der Waals surface area contributed by atoms with E-state index in [4.69, 9.17) is 8.75 Å². The zero-order chi connectivity index (χ0) is 47.9. The lowest BCUT2D eigenvalue weighted by Gasteiger charge is -2.33. The minimum Gasteiger partial charge on any atom is -0.172 e. The fraction of sp³-hybridized carbons (Fsp3) is 0.460. The third kappa shape index (κ3) is 10.8. The summed E-state index contributed by atoms with van der Waals surface area (Å²) in [6.45, 7) is 9.15. The van der Waals surface area contributed by atoms with Crippen LogP contribution < -0.4 is 0 Å². The standard InChI is InChI=1S/C63H74N2S5/c1-5-7-9-21-25-46-41-57(68-61(46)55-34-28-44(4)66-55)50-32-33-51(60-59(50)64-70-65-60)58-42-47(26-22-10-8-6-2)62(69-58)56-36-35-54(67-56)45-29-31-49-48-30-27-43(3)39-52(48)63(53(49)40-45)37-23-19-17-15-13-11-12-14-16-18-20-24-38-63/h27-36,39-42H,5-26,37-38H2,1-4H3. The molecule has 0 aliphatic heterocycles. The molecule has 0 atom stereocenters. The molecular weight excluding hydrogens is 945 g/mol. The zero-order valence-electron chi connectivity index (χ0n) is 42.5. The van der Waals surface area contributed by atoms with Crippen molar-refractivity contribution in [3.05, 3.63) is 118 Å². The average Bonchev–Trinajstić information content (AvgIpc) is 4.25. The second kappa shape index (κ2) is 23.4. The molecule has 2 nitrogen and oxygen atoms in total. The van der Waals surface area contributed by atoms with Crippen LogP contribution in [-0.2, 0) is 18.3 Å². The van der Waals surface area contributed by atoms with Gasteiger partial charge >= 0.3 is 0 Å². The van der Waals surface area contributed by atoms with Crippen molar-refractivity contribution < 1.29 is 0 Å². The molecule has 10 rings (SSSR count). The monoisotopic (exact) mass is 1020 g/mol. The van der Waals surface area contributed by atoms with Gasteiger partial charge in [-0.05, 0) is 134 Å². The van der Waals surface area contributed by atoms with Gasteiger partial charge in [0.2, 0.25) is 0 Å². The molecule has 5 heterocycles. The van der Waals surface area contributed by atoms with Crippen LogP contribution in [-0.4, -0.2) is 8.75 Å². The Bertz CT molecular complexity index is 2970. The Morgan fingerprint density at radius 2 is 0.914 bits per heavy atom. The first kappa shape index (κ1) is 49.8. The third-order valence-corrected chi connectivity index (χ3v) is 21.2. The van der Waals surface area contributed by atoms with E-state index in [1.165, 1.54) is 237 Å². The first-order valence-electron chi connectivity index (χ1n) is 27.4. The van der Waals surface area contributed by atoms with Gasteiger partial charge in [0, 0.05) is 55.6 Å². The lowest BCUT2D eigenvalue weighted by atomic mass is 9.70. The zero-order valence-corrected chi connectivity index (χ0v) is 46.6. The molecule has 1 spiro atoms. The predicted molar refractivity (Wildman–Crippen MR) is 312 cm³/mol. The molecule has 3 aromatic carbocycles. The summed E-state index contributed by atoms with van der Waals surface area (Å²) in [6, 6.07) is 34.1. The number of thiophene rings is 4. The number of aromatic nitrogens is 2. The molecule has 2 aliphatic carbocycles. The van der Waals surface area contributed by atoms with Gasteiger partial charge < -0.3 is 0 Å². The molecule has 8 aromatic rings. The molecule has 0 unspecified atom stereocenters. The van der Waals surface area contributed by atoms with Crippen LogP contribution in [0.1, 0.15) is 188 Å². The van der Waals surface area contributed by atoms with Crippen molar-refractivity contribution in [2.45, 2.75) is 187 Å². The van der Waals surface area contributed by atoms with Crippen LogP contribution in [0, 0.1) is 13.8 Å². The Morgan fingerprint density at radius 1 is 0.429 bits per heavy atom. The summed E-state index contributed by atoms with van der Waals surface area (Å²) >= 11 is 9.21. The summed E-state index contributed by atoms with van der Waals surface area (Å²) in [6.07, 6.45) is 31.5. The van der Waals surface area contributed by atoms with Crippen LogP contribution in [0.3, 0.4) is 0 Å². The lowest BCUT2D eigenvalue weighted by molar-refractivity contribution is 0.399. The van der Waals surface area contributed by atoms with Gasteiger partial charge in [0.15, 0.2) is 0 Å². The number of benzene rings is 3. The van der Waals surface area contributed by atoms with Crippen molar-refractivity contribution in [2.24, 2.45) is 0 Å². The molecule has 70 heavy (non-hydrogen) atoms. The van der Waals surface area contributed by atoms with Crippen LogP contribution >= 0.6 is 57.1 Å². The number of rotatable bonds is 15. The molecule has 0 radical (unpaired) electrons. The lowest BCUT2D eigenvalue weighted by Crippen LogP contribution is -2.25. The van der Waals surface area contributed by atoms with Gasteiger partial charge in [-0.2, -0.15) is 8.75 Å². The van der Waals surface area contributed by atoms with Crippen LogP contribution in [0.4, 0.5) is 0 Å². The van der Waals surface area contributed by atoms with Gasteiger partial charge in [-0.3, -0.25) is 0 Å². The topological polar surface area (TPSA) is 25.8 Å². The maximum absolute atomic E-state index is 5.06. The highest BCUT2D eigenvalue weighted by atomic mass is 32.1. The van der Waals surface area contributed by atoms with Crippen LogP contribution in [0.15, 0.2) is 84.9 Å². The van der Waals surface area contributed by atoms with Crippen LogP contribution in [0.25, 0.3) is 73.0 Å². The minimum atomic E-state index is 0.0955. The summed E-state index contributed by atoms with van der Waals surface area (Å²) < 4.78 is 10.1. The number of aryl methyl sites for hydroxylation is 4. The van der Waals surface area contributed by atoms with Gasteiger partial charge in [0.1, 0.15) is 11.0 Å². The quantitative estimate of drug-likeness (QED) is 0.0957. The number of fused-ring (bicyclic) bond motifs is 6. The molecule has 1 fully saturated rings. The summed E-state index contributed by atoms with van der Waals surface area (Å²) in [5.41, 5.74) is 16.6.